The van der Waals surface area contributed by atoms with Gasteiger partial charge in [-0.1, -0.05) is 13.8 Å². The molecule has 2 aromatic heterocycles. The van der Waals surface area contributed by atoms with Gasteiger partial charge in [0.05, 0.1) is 24.6 Å². The first-order valence-electron chi connectivity index (χ1n) is 8.26. The molecule has 0 amide bonds. The lowest BCUT2D eigenvalue weighted by molar-refractivity contribution is -0.141. The number of hydrogen-bond donors (Lipinski definition) is 3. The number of aromatic nitrogens is 3. The van der Waals surface area contributed by atoms with Crippen LogP contribution >= 0.6 is 11.3 Å². The minimum absolute atomic E-state index is 0.236. The van der Waals surface area contributed by atoms with Gasteiger partial charge >= 0.3 is 6.18 Å². The summed E-state index contributed by atoms with van der Waals surface area (Å²) in [4.78, 5) is 12.7. The Morgan fingerprint density at radius 3 is 2.44 bits per heavy atom. The van der Waals surface area contributed by atoms with Crippen molar-refractivity contribution in [2.75, 3.05) is 17.2 Å². The Bertz CT molecular complexity index is 714. The molecule has 0 aliphatic carbocycles. The van der Waals surface area contributed by atoms with Gasteiger partial charge in [-0.2, -0.15) is 13.2 Å². The van der Waals surface area contributed by atoms with Crippen LogP contribution in [0.3, 0.4) is 0 Å². The third-order valence-electron chi connectivity index (χ3n) is 4.09. The van der Waals surface area contributed by atoms with Gasteiger partial charge in [-0.05, 0) is 12.3 Å². The topological polar surface area (TPSA) is 108 Å². The van der Waals surface area contributed by atoms with Crippen LogP contribution in [0.25, 0.3) is 0 Å². The number of thiazole rings is 1. The molecule has 7 nitrogen and oxygen atoms in total. The van der Waals surface area contributed by atoms with Crippen molar-refractivity contribution >= 4 is 22.3 Å². The zero-order valence-electron chi connectivity index (χ0n) is 14.8. The molecule has 3 atom stereocenters. The number of nitrogen functional groups attached to an aromatic ring is 1. The predicted molar refractivity (Wildman–Crippen MR) is 96.2 cm³/mol. The highest BCUT2D eigenvalue weighted by molar-refractivity contribution is 7.13. The minimum atomic E-state index is -4.47. The molecule has 4 N–H and O–H groups in total. The van der Waals surface area contributed by atoms with E-state index in [-0.39, 0.29) is 11.9 Å². The Morgan fingerprint density at radius 1 is 1.26 bits per heavy atom. The Labute approximate surface area is 158 Å². The van der Waals surface area contributed by atoms with E-state index in [1.54, 1.807) is 17.5 Å². The molecule has 0 bridgehead atoms. The lowest BCUT2D eigenvalue weighted by Gasteiger charge is -2.42. The van der Waals surface area contributed by atoms with Crippen molar-refractivity contribution in [3.05, 3.63) is 29.7 Å². The Balaban J connectivity index is 0.000000208. The third kappa shape index (κ3) is 5.75. The summed E-state index contributed by atoms with van der Waals surface area (Å²) >= 11 is 1.58. The molecule has 3 unspecified atom stereocenters. The molecule has 1 aliphatic heterocycles. The normalized spacial score (nSPS) is 23.1. The second-order valence-electron chi connectivity index (χ2n) is 6.48. The number of hydrogen-bond acceptors (Lipinski definition) is 8. The first kappa shape index (κ1) is 21.3. The summed E-state index contributed by atoms with van der Waals surface area (Å²) in [5.74, 6) is 0.200. The van der Waals surface area contributed by atoms with E-state index in [0.717, 1.165) is 11.3 Å². The van der Waals surface area contributed by atoms with Gasteiger partial charge in [0.1, 0.15) is 5.82 Å². The SMILES string of the molecule is CC(C)C1CC(O)C(O)CN1c1nccs1.Nc1cncc(C(F)(F)F)n1. The van der Waals surface area contributed by atoms with E-state index in [1.807, 2.05) is 5.38 Å². The molecule has 150 valence electrons. The van der Waals surface area contributed by atoms with Gasteiger partial charge in [0.25, 0.3) is 0 Å². The standard InChI is InChI=1S/C11H18N2O2S.C5H4F3N3/c1-7(2)8-5-9(14)10(15)6-13(8)11-12-3-4-16-11;6-5(7,8)3-1-10-2-4(9)11-3/h3-4,7-10,14-15H,5-6H2,1-2H3;1-2H,(H2,9,11). The molecule has 27 heavy (non-hydrogen) atoms. The van der Waals surface area contributed by atoms with Crippen LogP contribution in [0.5, 0.6) is 0 Å². The highest BCUT2D eigenvalue weighted by Gasteiger charge is 2.36. The summed E-state index contributed by atoms with van der Waals surface area (Å²) in [6.45, 7) is 4.74. The fraction of sp³-hybridized carbons (Fsp3) is 0.562. The first-order valence-corrected chi connectivity index (χ1v) is 9.14. The number of halogens is 3. The van der Waals surface area contributed by atoms with Crippen molar-refractivity contribution in [1.29, 1.82) is 0 Å². The number of alkyl halides is 3. The molecule has 0 spiro atoms. The summed E-state index contributed by atoms with van der Waals surface area (Å²) in [6, 6.07) is 0.254. The number of nitrogens with two attached hydrogens (primary N) is 1. The van der Waals surface area contributed by atoms with E-state index in [0.29, 0.717) is 25.1 Å². The molecule has 1 saturated heterocycles. The Morgan fingerprint density at radius 2 is 1.96 bits per heavy atom. The van der Waals surface area contributed by atoms with Crippen molar-refractivity contribution in [1.82, 2.24) is 15.0 Å². The van der Waals surface area contributed by atoms with Gasteiger partial charge in [-0.25, -0.2) is 9.97 Å². The van der Waals surface area contributed by atoms with Crippen LogP contribution in [-0.2, 0) is 6.18 Å². The van der Waals surface area contributed by atoms with Crippen molar-refractivity contribution in [2.45, 2.75) is 44.7 Å². The summed E-state index contributed by atoms with van der Waals surface area (Å²) in [5.41, 5.74) is 3.91. The molecule has 1 fully saturated rings. The molecule has 3 rings (SSSR count). The van der Waals surface area contributed by atoms with Crippen LogP contribution in [0.15, 0.2) is 24.0 Å². The van der Waals surface area contributed by atoms with Gasteiger partial charge in [-0.3, -0.25) is 4.98 Å². The largest absolute Gasteiger partial charge is 0.434 e. The van der Waals surface area contributed by atoms with Gasteiger partial charge < -0.3 is 20.8 Å². The highest BCUT2D eigenvalue weighted by atomic mass is 32.1. The summed E-state index contributed by atoms with van der Waals surface area (Å²) < 4.78 is 35.4. The fourth-order valence-electron chi connectivity index (χ4n) is 2.72. The quantitative estimate of drug-likeness (QED) is 0.703. The molecule has 11 heteroatoms. The van der Waals surface area contributed by atoms with Crippen LogP contribution in [0, 0.1) is 5.92 Å². The van der Waals surface area contributed by atoms with E-state index in [4.69, 9.17) is 5.73 Å². The number of rotatable bonds is 2. The van der Waals surface area contributed by atoms with E-state index in [9.17, 15) is 23.4 Å². The van der Waals surface area contributed by atoms with Gasteiger partial charge in [0.15, 0.2) is 10.8 Å². The first-order chi connectivity index (χ1) is 12.6. The summed E-state index contributed by atoms with van der Waals surface area (Å²) in [5, 5.41) is 22.3. The van der Waals surface area contributed by atoms with Crippen LogP contribution in [0.4, 0.5) is 24.1 Å². The van der Waals surface area contributed by atoms with Gasteiger partial charge in [0, 0.05) is 24.2 Å². The zero-order valence-corrected chi connectivity index (χ0v) is 15.7. The van der Waals surface area contributed by atoms with Crippen LogP contribution < -0.4 is 10.6 Å². The molecular weight excluding hydrogens is 383 g/mol. The average Bonchev–Trinajstić information content (AvgIpc) is 3.11. The molecule has 3 heterocycles. The van der Waals surface area contributed by atoms with Crippen molar-refractivity contribution in [3.63, 3.8) is 0 Å². The monoisotopic (exact) mass is 405 g/mol. The number of nitrogens with zero attached hydrogens (tertiary/aromatic N) is 4. The molecule has 2 aromatic rings. The van der Waals surface area contributed by atoms with E-state index >= 15 is 0 Å². The highest BCUT2D eigenvalue weighted by Crippen LogP contribution is 2.30. The number of anilines is 2. The maximum atomic E-state index is 11.8. The van der Waals surface area contributed by atoms with Crippen molar-refractivity contribution in [2.24, 2.45) is 5.92 Å². The predicted octanol–water partition coefficient (Wildman–Crippen LogP) is 2.18. The second-order valence-corrected chi connectivity index (χ2v) is 7.35. The Hall–Kier alpha value is -1.98. The van der Waals surface area contributed by atoms with Gasteiger partial charge in [-0.15, -0.1) is 11.3 Å². The van der Waals surface area contributed by atoms with Gasteiger partial charge in [0.2, 0.25) is 0 Å². The van der Waals surface area contributed by atoms with E-state index in [1.165, 1.54) is 0 Å². The fourth-order valence-corrected chi connectivity index (χ4v) is 3.43. The lowest BCUT2D eigenvalue weighted by atomic mass is 9.90. The van der Waals surface area contributed by atoms with Crippen LogP contribution in [0.1, 0.15) is 26.0 Å². The lowest BCUT2D eigenvalue weighted by Crippen LogP contribution is -2.54. The minimum Gasteiger partial charge on any atom is -0.390 e. The molecular formula is C16H22F3N5O2S. The molecule has 0 aromatic carbocycles. The van der Waals surface area contributed by atoms with Crippen molar-refractivity contribution in [3.8, 4) is 0 Å². The second kappa shape index (κ2) is 8.81. The molecule has 1 aliphatic rings. The number of aliphatic hydroxyl groups is 2. The zero-order chi connectivity index (χ0) is 20.2. The van der Waals surface area contributed by atoms with E-state index in [2.05, 4.69) is 33.7 Å². The average molecular weight is 405 g/mol. The van der Waals surface area contributed by atoms with E-state index < -0.39 is 24.1 Å². The summed E-state index contributed by atoms with van der Waals surface area (Å²) in [6.07, 6.45) is -1.69. The summed E-state index contributed by atoms with van der Waals surface area (Å²) in [7, 11) is 0. The smallest absolute Gasteiger partial charge is 0.390 e. The number of piperidine rings is 1. The third-order valence-corrected chi connectivity index (χ3v) is 4.90. The maximum Gasteiger partial charge on any atom is 0.434 e. The van der Waals surface area contributed by atoms with Crippen LogP contribution in [-0.4, -0.2) is 50.0 Å². The molecule has 0 radical (unpaired) electrons. The number of β-amino-alcohol motifs (C(OH)–C–C–N with tert-alkyl or cyclic N) is 1. The molecule has 0 saturated carbocycles. The maximum absolute atomic E-state index is 11.8. The van der Waals surface area contributed by atoms with Crippen LogP contribution in [0.2, 0.25) is 0 Å². The Kier molecular flexibility index (Phi) is 6.95. The number of aliphatic hydroxyl groups excluding tert-OH is 2. The van der Waals surface area contributed by atoms with Crippen molar-refractivity contribution < 1.29 is 23.4 Å².